The van der Waals surface area contributed by atoms with Crippen LogP contribution in [0.2, 0.25) is 5.02 Å². The van der Waals surface area contributed by atoms with Gasteiger partial charge in [0.05, 0.1) is 16.2 Å². The van der Waals surface area contributed by atoms with E-state index in [9.17, 15) is 0 Å². The molecule has 0 aliphatic heterocycles. The molecular formula is C11H13ClN4. The van der Waals surface area contributed by atoms with Gasteiger partial charge >= 0.3 is 0 Å². The number of fused-ring (bicyclic) bond motifs is 1. The van der Waals surface area contributed by atoms with E-state index in [-0.39, 0.29) is 12.0 Å². The molecular weight excluding hydrogens is 224 g/mol. The number of nitrogen functional groups attached to an aromatic ring is 1. The summed E-state index contributed by atoms with van der Waals surface area (Å²) < 4.78 is 0. The fraction of sp³-hybridized carbons (Fsp3) is 0.273. The Balaban J connectivity index is 2.68. The molecule has 5 heteroatoms. The maximum absolute atomic E-state index is 6.06. The molecule has 2 aromatic rings. The SMILES string of the molecule is CC(N)Cc1nc(N)nc2c(Cl)cccc12. The van der Waals surface area contributed by atoms with Crippen LogP contribution >= 0.6 is 11.6 Å². The van der Waals surface area contributed by atoms with E-state index in [2.05, 4.69) is 9.97 Å². The Morgan fingerprint density at radius 2 is 2.12 bits per heavy atom. The third-order valence-electron chi connectivity index (χ3n) is 2.29. The Hall–Kier alpha value is -1.39. The number of halogens is 1. The van der Waals surface area contributed by atoms with Gasteiger partial charge in [-0.05, 0) is 13.0 Å². The monoisotopic (exact) mass is 236 g/mol. The van der Waals surface area contributed by atoms with Gasteiger partial charge in [-0.1, -0.05) is 23.7 Å². The lowest BCUT2D eigenvalue weighted by Crippen LogP contribution is -2.19. The summed E-state index contributed by atoms with van der Waals surface area (Å²) in [6.45, 7) is 1.93. The average Bonchev–Trinajstić information content (AvgIpc) is 2.18. The third kappa shape index (κ3) is 2.08. The Kier molecular flexibility index (Phi) is 2.94. The molecule has 2 rings (SSSR count). The minimum Gasteiger partial charge on any atom is -0.368 e. The summed E-state index contributed by atoms with van der Waals surface area (Å²) in [5, 5.41) is 1.50. The van der Waals surface area contributed by atoms with E-state index >= 15 is 0 Å². The van der Waals surface area contributed by atoms with Crippen LogP contribution in [-0.2, 0) is 6.42 Å². The van der Waals surface area contributed by atoms with Gasteiger partial charge < -0.3 is 11.5 Å². The van der Waals surface area contributed by atoms with Crippen molar-refractivity contribution in [2.45, 2.75) is 19.4 Å². The van der Waals surface area contributed by atoms with Crippen LogP contribution in [0.3, 0.4) is 0 Å². The molecule has 0 bridgehead atoms. The molecule has 0 radical (unpaired) electrons. The Labute approximate surface area is 98.6 Å². The van der Waals surface area contributed by atoms with Crippen LogP contribution in [0.5, 0.6) is 0 Å². The first-order valence-electron chi connectivity index (χ1n) is 5.04. The summed E-state index contributed by atoms with van der Waals surface area (Å²) in [5.74, 6) is 0.233. The summed E-state index contributed by atoms with van der Waals surface area (Å²) in [4.78, 5) is 8.35. The van der Waals surface area contributed by atoms with Gasteiger partial charge in [-0.2, -0.15) is 0 Å². The number of hydrogen-bond acceptors (Lipinski definition) is 4. The highest BCUT2D eigenvalue weighted by atomic mass is 35.5. The summed E-state index contributed by atoms with van der Waals surface area (Å²) in [6, 6.07) is 5.61. The predicted octanol–water partition coefficient (Wildman–Crippen LogP) is 1.76. The van der Waals surface area contributed by atoms with Crippen LogP contribution in [0.1, 0.15) is 12.6 Å². The van der Waals surface area contributed by atoms with E-state index < -0.39 is 0 Å². The maximum Gasteiger partial charge on any atom is 0.220 e. The topological polar surface area (TPSA) is 77.8 Å². The highest BCUT2D eigenvalue weighted by molar-refractivity contribution is 6.35. The number of aromatic nitrogens is 2. The van der Waals surface area contributed by atoms with Crippen LogP contribution in [-0.4, -0.2) is 16.0 Å². The molecule has 1 aromatic carbocycles. The lowest BCUT2D eigenvalue weighted by atomic mass is 10.1. The molecule has 4 nitrogen and oxygen atoms in total. The van der Waals surface area contributed by atoms with E-state index in [0.29, 0.717) is 17.0 Å². The summed E-state index contributed by atoms with van der Waals surface area (Å²) in [7, 11) is 0. The molecule has 84 valence electrons. The zero-order valence-electron chi connectivity index (χ0n) is 8.94. The van der Waals surface area contributed by atoms with E-state index in [1.807, 2.05) is 19.1 Å². The molecule has 1 atom stereocenters. The van der Waals surface area contributed by atoms with Crippen LogP contribution in [0, 0.1) is 0 Å². The third-order valence-corrected chi connectivity index (χ3v) is 2.59. The van der Waals surface area contributed by atoms with Gasteiger partial charge in [0.2, 0.25) is 5.95 Å². The normalized spacial score (nSPS) is 12.9. The zero-order valence-corrected chi connectivity index (χ0v) is 9.70. The van der Waals surface area contributed by atoms with Crippen molar-refractivity contribution in [1.82, 2.24) is 9.97 Å². The molecule has 0 fully saturated rings. The van der Waals surface area contributed by atoms with Crippen LogP contribution in [0.25, 0.3) is 10.9 Å². The molecule has 0 aliphatic carbocycles. The van der Waals surface area contributed by atoms with Gasteiger partial charge in [0, 0.05) is 17.8 Å². The first-order valence-corrected chi connectivity index (χ1v) is 5.42. The van der Waals surface area contributed by atoms with Crippen LogP contribution < -0.4 is 11.5 Å². The quantitative estimate of drug-likeness (QED) is 0.833. The molecule has 1 aromatic heterocycles. The molecule has 1 unspecified atom stereocenters. The number of para-hydroxylation sites is 1. The number of benzene rings is 1. The van der Waals surface area contributed by atoms with Crippen molar-refractivity contribution in [3.05, 3.63) is 28.9 Å². The van der Waals surface area contributed by atoms with Crippen molar-refractivity contribution in [2.75, 3.05) is 5.73 Å². The number of anilines is 1. The Bertz CT molecular complexity index is 525. The van der Waals surface area contributed by atoms with Gasteiger partial charge in [-0.25, -0.2) is 9.97 Å². The summed E-state index contributed by atoms with van der Waals surface area (Å²) >= 11 is 6.06. The molecule has 0 saturated heterocycles. The zero-order chi connectivity index (χ0) is 11.7. The van der Waals surface area contributed by atoms with E-state index in [1.54, 1.807) is 6.07 Å². The Morgan fingerprint density at radius 3 is 2.81 bits per heavy atom. The minimum absolute atomic E-state index is 0.0245. The molecule has 0 aliphatic rings. The first kappa shape index (κ1) is 11.1. The van der Waals surface area contributed by atoms with Crippen molar-refractivity contribution in [3.8, 4) is 0 Å². The Morgan fingerprint density at radius 1 is 1.38 bits per heavy atom. The highest BCUT2D eigenvalue weighted by Gasteiger charge is 2.09. The van der Waals surface area contributed by atoms with Gasteiger partial charge in [0.15, 0.2) is 0 Å². The predicted molar refractivity (Wildman–Crippen MR) is 66.3 cm³/mol. The molecule has 0 amide bonds. The van der Waals surface area contributed by atoms with E-state index in [1.165, 1.54) is 0 Å². The average molecular weight is 237 g/mol. The van der Waals surface area contributed by atoms with Crippen LogP contribution in [0.15, 0.2) is 18.2 Å². The molecule has 0 spiro atoms. The minimum atomic E-state index is 0.0245. The fourth-order valence-electron chi connectivity index (χ4n) is 1.66. The second kappa shape index (κ2) is 4.23. The maximum atomic E-state index is 6.06. The molecule has 1 heterocycles. The standard InChI is InChI=1S/C11H13ClN4/c1-6(13)5-9-7-3-2-4-8(12)10(7)16-11(14)15-9/h2-4,6H,5,13H2,1H3,(H2,14,15,16). The number of hydrogen-bond donors (Lipinski definition) is 2. The van der Waals surface area contributed by atoms with E-state index in [4.69, 9.17) is 23.1 Å². The van der Waals surface area contributed by atoms with Crippen molar-refractivity contribution in [1.29, 1.82) is 0 Å². The summed E-state index contributed by atoms with van der Waals surface area (Å²) in [5.41, 5.74) is 13.0. The van der Waals surface area contributed by atoms with Crippen molar-refractivity contribution in [2.24, 2.45) is 5.73 Å². The van der Waals surface area contributed by atoms with Crippen LogP contribution in [0.4, 0.5) is 5.95 Å². The molecule has 0 saturated carbocycles. The number of nitrogens with zero attached hydrogens (tertiary/aromatic N) is 2. The van der Waals surface area contributed by atoms with Crippen molar-refractivity contribution in [3.63, 3.8) is 0 Å². The van der Waals surface area contributed by atoms with Gasteiger partial charge in [0.1, 0.15) is 0 Å². The second-order valence-corrected chi connectivity index (χ2v) is 4.25. The van der Waals surface area contributed by atoms with Crippen molar-refractivity contribution < 1.29 is 0 Å². The second-order valence-electron chi connectivity index (χ2n) is 3.85. The fourth-order valence-corrected chi connectivity index (χ4v) is 1.88. The molecule has 16 heavy (non-hydrogen) atoms. The van der Waals surface area contributed by atoms with Gasteiger partial charge in [-0.3, -0.25) is 0 Å². The summed E-state index contributed by atoms with van der Waals surface area (Å²) in [6.07, 6.45) is 0.656. The smallest absolute Gasteiger partial charge is 0.220 e. The number of nitrogens with two attached hydrogens (primary N) is 2. The molecule has 4 N–H and O–H groups in total. The largest absolute Gasteiger partial charge is 0.368 e. The van der Waals surface area contributed by atoms with Gasteiger partial charge in [-0.15, -0.1) is 0 Å². The first-order chi connectivity index (χ1) is 7.58. The van der Waals surface area contributed by atoms with Gasteiger partial charge in [0.25, 0.3) is 0 Å². The number of rotatable bonds is 2. The lowest BCUT2D eigenvalue weighted by Gasteiger charge is -2.09. The van der Waals surface area contributed by atoms with Crippen molar-refractivity contribution >= 4 is 28.5 Å². The highest BCUT2D eigenvalue weighted by Crippen LogP contribution is 2.24. The van der Waals surface area contributed by atoms with E-state index in [0.717, 1.165) is 11.1 Å². The lowest BCUT2D eigenvalue weighted by molar-refractivity contribution is 0.726.